The van der Waals surface area contributed by atoms with E-state index in [1.807, 2.05) is 0 Å². The van der Waals surface area contributed by atoms with Gasteiger partial charge in [0.15, 0.2) is 0 Å². The molecule has 0 rings (SSSR count). The van der Waals surface area contributed by atoms with Crippen LogP contribution in [0, 0.1) is 0 Å². The number of alkyl halides is 2. The Bertz CT molecular complexity index is 523. The number of nitrogens with two attached hydrogens (primary N) is 1. The molecular weight excluding hydrogens is 382 g/mol. The zero-order chi connectivity index (χ0) is 21.5. The third-order valence-electron chi connectivity index (χ3n) is 3.63. The largest absolute Gasteiger partial charge is 0.481 e. The van der Waals surface area contributed by atoms with Crippen LogP contribution in [0.5, 0.6) is 0 Å². The molecule has 0 fully saturated rings. The number of nitrogens with one attached hydrogen (secondary N) is 2. The van der Waals surface area contributed by atoms with Crippen molar-refractivity contribution in [2.75, 3.05) is 26.2 Å². The molecule has 0 aliphatic heterocycles. The molecule has 12 heteroatoms. The maximum Gasteiger partial charge on any atom is 0.303 e. The minimum absolute atomic E-state index is 0.00812. The van der Waals surface area contributed by atoms with E-state index in [1.54, 1.807) is 0 Å². The number of hydrogen-bond donors (Lipinski definition) is 5. The molecule has 10 nitrogen and oxygen atoms in total. The third-order valence-corrected chi connectivity index (χ3v) is 3.63. The molecule has 0 aliphatic rings. The smallest absolute Gasteiger partial charge is 0.303 e. The standard InChI is InChI=1S/C16H28F2N4O6/c17-11(9-19)6-8-22(28)15(25)3-1-14(24)21-10-12(18)5-7-20-13(23)2-4-16(26)27/h11-12,28H,1-10,19H2,(H,20,23)(H,21,24)(H,26,27). The minimum atomic E-state index is -1.44. The number of rotatable bonds is 15. The molecule has 0 bridgehead atoms. The number of carboxylic acids is 1. The number of amides is 3. The summed E-state index contributed by atoms with van der Waals surface area (Å²) in [6.45, 7) is -0.795. The van der Waals surface area contributed by atoms with Gasteiger partial charge in [-0.1, -0.05) is 0 Å². The summed E-state index contributed by atoms with van der Waals surface area (Å²) in [5, 5.41) is 22.8. The first kappa shape index (κ1) is 25.7. The van der Waals surface area contributed by atoms with E-state index in [9.17, 15) is 33.2 Å². The quantitative estimate of drug-likeness (QED) is 0.179. The predicted molar refractivity (Wildman–Crippen MR) is 93.7 cm³/mol. The Morgan fingerprint density at radius 2 is 1.54 bits per heavy atom. The van der Waals surface area contributed by atoms with E-state index in [0.29, 0.717) is 5.06 Å². The fourth-order valence-electron chi connectivity index (χ4n) is 1.95. The van der Waals surface area contributed by atoms with Crippen LogP contribution < -0.4 is 16.4 Å². The van der Waals surface area contributed by atoms with Crippen molar-refractivity contribution >= 4 is 23.7 Å². The van der Waals surface area contributed by atoms with Gasteiger partial charge in [-0.3, -0.25) is 24.4 Å². The molecule has 0 saturated carbocycles. The number of hydrogen-bond acceptors (Lipinski definition) is 6. The van der Waals surface area contributed by atoms with Crippen molar-refractivity contribution in [1.29, 1.82) is 0 Å². The summed E-state index contributed by atoms with van der Waals surface area (Å²) in [6.07, 6.45) is -4.08. The van der Waals surface area contributed by atoms with Crippen LogP contribution in [-0.4, -0.2) is 77.6 Å². The maximum absolute atomic E-state index is 13.6. The Hall–Kier alpha value is -2.34. The van der Waals surface area contributed by atoms with Gasteiger partial charge in [0.2, 0.25) is 17.7 Å². The molecule has 0 aliphatic carbocycles. The number of carboxylic acid groups (broad SMARTS) is 1. The van der Waals surface area contributed by atoms with Gasteiger partial charge in [-0.15, -0.1) is 0 Å². The Morgan fingerprint density at radius 3 is 2.14 bits per heavy atom. The molecule has 162 valence electrons. The summed E-state index contributed by atoms with van der Waals surface area (Å²) >= 11 is 0. The first-order chi connectivity index (χ1) is 13.1. The van der Waals surface area contributed by atoms with E-state index in [0.717, 1.165) is 0 Å². The van der Waals surface area contributed by atoms with Crippen LogP contribution in [0.3, 0.4) is 0 Å². The van der Waals surface area contributed by atoms with E-state index in [1.165, 1.54) is 0 Å². The van der Waals surface area contributed by atoms with Gasteiger partial charge < -0.3 is 21.5 Å². The second-order valence-electron chi connectivity index (χ2n) is 6.07. The zero-order valence-corrected chi connectivity index (χ0v) is 15.5. The maximum atomic E-state index is 13.6. The fraction of sp³-hybridized carbons (Fsp3) is 0.750. The summed E-state index contributed by atoms with van der Waals surface area (Å²) in [5.74, 6) is -2.97. The summed E-state index contributed by atoms with van der Waals surface area (Å²) in [6, 6.07) is 0. The molecule has 0 saturated heterocycles. The van der Waals surface area contributed by atoms with Crippen LogP contribution in [0.1, 0.15) is 38.5 Å². The molecule has 6 N–H and O–H groups in total. The van der Waals surface area contributed by atoms with Crippen LogP contribution in [0.4, 0.5) is 8.78 Å². The van der Waals surface area contributed by atoms with Crippen molar-refractivity contribution < 1.29 is 38.3 Å². The molecule has 0 aromatic carbocycles. The van der Waals surface area contributed by atoms with Crippen molar-refractivity contribution in [2.45, 2.75) is 50.9 Å². The third kappa shape index (κ3) is 13.8. The first-order valence-corrected chi connectivity index (χ1v) is 8.88. The Balaban J connectivity index is 3.85. The van der Waals surface area contributed by atoms with E-state index in [2.05, 4.69) is 10.6 Å². The Morgan fingerprint density at radius 1 is 0.929 bits per heavy atom. The SMILES string of the molecule is NCC(F)CCN(O)C(=O)CCC(=O)NCC(F)CCNC(=O)CCC(=O)O. The molecule has 0 aromatic rings. The molecule has 2 atom stereocenters. The highest BCUT2D eigenvalue weighted by atomic mass is 19.1. The van der Waals surface area contributed by atoms with Gasteiger partial charge >= 0.3 is 5.97 Å². The van der Waals surface area contributed by atoms with Gasteiger partial charge in [-0.25, -0.2) is 13.8 Å². The molecule has 2 unspecified atom stereocenters. The lowest BCUT2D eigenvalue weighted by Gasteiger charge is -2.16. The van der Waals surface area contributed by atoms with E-state index < -0.39 is 36.0 Å². The van der Waals surface area contributed by atoms with Gasteiger partial charge in [0, 0.05) is 38.9 Å². The van der Waals surface area contributed by atoms with Gasteiger partial charge in [-0.2, -0.15) is 0 Å². The summed E-state index contributed by atoms with van der Waals surface area (Å²) in [4.78, 5) is 44.7. The highest BCUT2D eigenvalue weighted by molar-refractivity contribution is 5.83. The summed E-state index contributed by atoms with van der Waals surface area (Å²) in [7, 11) is 0. The molecule has 3 amide bonds. The van der Waals surface area contributed by atoms with Crippen molar-refractivity contribution in [3.8, 4) is 0 Å². The van der Waals surface area contributed by atoms with Crippen molar-refractivity contribution in [2.24, 2.45) is 5.73 Å². The average Bonchev–Trinajstić information content (AvgIpc) is 2.66. The highest BCUT2D eigenvalue weighted by Gasteiger charge is 2.16. The van der Waals surface area contributed by atoms with Crippen LogP contribution in [0.25, 0.3) is 0 Å². The Kier molecular flexibility index (Phi) is 13.5. The van der Waals surface area contributed by atoms with Crippen molar-refractivity contribution in [3.05, 3.63) is 0 Å². The van der Waals surface area contributed by atoms with Crippen molar-refractivity contribution in [3.63, 3.8) is 0 Å². The second kappa shape index (κ2) is 14.7. The number of carbonyl (C=O) groups excluding carboxylic acids is 3. The topological polar surface area (TPSA) is 162 Å². The van der Waals surface area contributed by atoms with E-state index >= 15 is 0 Å². The molecule has 0 heterocycles. The lowest BCUT2D eigenvalue weighted by molar-refractivity contribution is -0.166. The molecular formula is C16H28F2N4O6. The lowest BCUT2D eigenvalue weighted by Crippen LogP contribution is -2.35. The molecule has 0 radical (unpaired) electrons. The normalized spacial score (nSPS) is 12.7. The predicted octanol–water partition coefficient (Wildman–Crippen LogP) is -0.503. The van der Waals surface area contributed by atoms with Crippen LogP contribution in [0.2, 0.25) is 0 Å². The minimum Gasteiger partial charge on any atom is -0.481 e. The summed E-state index contributed by atoms with van der Waals surface area (Å²) in [5.41, 5.74) is 5.07. The van der Waals surface area contributed by atoms with Gasteiger partial charge in [0.05, 0.1) is 13.0 Å². The number of halogens is 2. The van der Waals surface area contributed by atoms with Gasteiger partial charge in [-0.05, 0) is 12.8 Å². The monoisotopic (exact) mass is 410 g/mol. The van der Waals surface area contributed by atoms with Crippen LogP contribution >= 0.6 is 0 Å². The molecule has 0 aromatic heterocycles. The lowest BCUT2D eigenvalue weighted by atomic mass is 10.2. The van der Waals surface area contributed by atoms with Crippen LogP contribution in [-0.2, 0) is 19.2 Å². The molecule has 0 spiro atoms. The van der Waals surface area contributed by atoms with E-state index in [4.69, 9.17) is 10.8 Å². The zero-order valence-electron chi connectivity index (χ0n) is 15.5. The van der Waals surface area contributed by atoms with E-state index in [-0.39, 0.29) is 64.7 Å². The average molecular weight is 410 g/mol. The number of aliphatic carboxylic acids is 1. The van der Waals surface area contributed by atoms with Crippen molar-refractivity contribution in [1.82, 2.24) is 15.7 Å². The Labute approximate surface area is 161 Å². The number of hydroxylamine groups is 2. The summed E-state index contributed by atoms with van der Waals surface area (Å²) < 4.78 is 26.6. The fourth-order valence-corrected chi connectivity index (χ4v) is 1.95. The number of carbonyl (C=O) groups is 4. The van der Waals surface area contributed by atoms with Gasteiger partial charge in [0.1, 0.15) is 12.3 Å². The van der Waals surface area contributed by atoms with Gasteiger partial charge in [0.25, 0.3) is 0 Å². The highest BCUT2D eigenvalue weighted by Crippen LogP contribution is 2.02. The number of nitrogens with zero attached hydrogens (tertiary/aromatic N) is 1. The first-order valence-electron chi connectivity index (χ1n) is 8.88. The molecule has 28 heavy (non-hydrogen) atoms. The second-order valence-corrected chi connectivity index (χ2v) is 6.07. The van der Waals surface area contributed by atoms with Crippen LogP contribution in [0.15, 0.2) is 0 Å².